The third-order valence-electron chi connectivity index (χ3n) is 2.87. The second-order valence-electron chi connectivity index (χ2n) is 4.65. The van der Waals surface area contributed by atoms with E-state index in [4.69, 9.17) is 10.5 Å². The topological polar surface area (TPSA) is 55.5 Å². The van der Waals surface area contributed by atoms with Gasteiger partial charge < -0.3 is 15.6 Å². The number of aliphatic hydroxyl groups is 1. The van der Waals surface area contributed by atoms with Crippen LogP contribution in [0, 0.1) is 0 Å². The van der Waals surface area contributed by atoms with Crippen LogP contribution in [0.3, 0.4) is 0 Å². The molecule has 0 aromatic heterocycles. The first-order valence-corrected chi connectivity index (χ1v) is 6.17. The Morgan fingerprint density at radius 1 is 1.17 bits per heavy atom. The van der Waals surface area contributed by atoms with Crippen LogP contribution in [-0.2, 0) is 0 Å². The van der Waals surface area contributed by atoms with Gasteiger partial charge >= 0.3 is 0 Å². The summed E-state index contributed by atoms with van der Waals surface area (Å²) in [5.41, 5.74) is 6.94. The molecule has 0 radical (unpaired) electrons. The van der Waals surface area contributed by atoms with Crippen LogP contribution in [-0.4, -0.2) is 17.8 Å². The van der Waals surface area contributed by atoms with E-state index in [0.29, 0.717) is 0 Å². The number of benzene rings is 2. The monoisotopic (exact) mass is 245 g/mol. The Morgan fingerprint density at radius 3 is 2.56 bits per heavy atom. The predicted molar refractivity (Wildman–Crippen MR) is 73.7 cm³/mol. The van der Waals surface area contributed by atoms with Crippen molar-refractivity contribution in [2.24, 2.45) is 5.73 Å². The average molecular weight is 245 g/mol. The zero-order valence-electron chi connectivity index (χ0n) is 10.8. The zero-order valence-corrected chi connectivity index (χ0v) is 10.8. The SMILES string of the molecule is CC(O)COc1c(C(C)N)ccc2ccccc12. The fourth-order valence-electron chi connectivity index (χ4n) is 1.98. The average Bonchev–Trinajstić information content (AvgIpc) is 2.35. The van der Waals surface area contributed by atoms with E-state index >= 15 is 0 Å². The first-order chi connectivity index (χ1) is 8.59. The number of ether oxygens (including phenoxy) is 1. The highest BCUT2D eigenvalue weighted by atomic mass is 16.5. The van der Waals surface area contributed by atoms with Crippen molar-refractivity contribution in [1.29, 1.82) is 0 Å². The molecule has 2 unspecified atom stereocenters. The standard InChI is InChI=1S/C15H19NO2/c1-10(17)9-18-15-13(11(2)16)8-7-12-5-3-4-6-14(12)15/h3-8,10-11,17H,9,16H2,1-2H3. The van der Waals surface area contributed by atoms with E-state index in [1.165, 1.54) is 0 Å². The van der Waals surface area contributed by atoms with Gasteiger partial charge in [0.25, 0.3) is 0 Å². The quantitative estimate of drug-likeness (QED) is 0.870. The summed E-state index contributed by atoms with van der Waals surface area (Å²) in [6, 6.07) is 12.0. The van der Waals surface area contributed by atoms with Crippen LogP contribution in [0.5, 0.6) is 5.75 Å². The van der Waals surface area contributed by atoms with Gasteiger partial charge in [-0.1, -0.05) is 36.4 Å². The van der Waals surface area contributed by atoms with Gasteiger partial charge in [-0.2, -0.15) is 0 Å². The molecule has 3 nitrogen and oxygen atoms in total. The lowest BCUT2D eigenvalue weighted by molar-refractivity contribution is 0.123. The molecule has 0 amide bonds. The zero-order chi connectivity index (χ0) is 13.1. The highest BCUT2D eigenvalue weighted by Gasteiger charge is 2.12. The van der Waals surface area contributed by atoms with Gasteiger partial charge in [-0.25, -0.2) is 0 Å². The van der Waals surface area contributed by atoms with Crippen LogP contribution in [0.15, 0.2) is 36.4 Å². The second kappa shape index (κ2) is 5.38. The Labute approximate surface area is 107 Å². The maximum Gasteiger partial charge on any atom is 0.132 e. The Morgan fingerprint density at radius 2 is 1.89 bits per heavy atom. The molecule has 2 rings (SSSR count). The van der Waals surface area contributed by atoms with Crippen LogP contribution in [0.25, 0.3) is 10.8 Å². The molecule has 0 aliphatic heterocycles. The van der Waals surface area contributed by atoms with E-state index in [1.54, 1.807) is 6.92 Å². The summed E-state index contributed by atoms with van der Waals surface area (Å²) in [6.07, 6.45) is -0.495. The molecule has 0 heterocycles. The summed E-state index contributed by atoms with van der Waals surface area (Å²) in [5, 5.41) is 11.5. The molecule has 0 saturated heterocycles. The second-order valence-corrected chi connectivity index (χ2v) is 4.65. The van der Waals surface area contributed by atoms with Crippen molar-refractivity contribution in [3.05, 3.63) is 42.0 Å². The normalized spacial score (nSPS) is 14.4. The van der Waals surface area contributed by atoms with Crippen LogP contribution in [0.4, 0.5) is 0 Å². The summed E-state index contributed by atoms with van der Waals surface area (Å²) in [5.74, 6) is 0.781. The molecule has 2 atom stereocenters. The molecular formula is C15H19NO2. The number of rotatable bonds is 4. The number of fused-ring (bicyclic) bond motifs is 1. The van der Waals surface area contributed by atoms with Gasteiger partial charge in [0.05, 0.1) is 6.10 Å². The fraction of sp³-hybridized carbons (Fsp3) is 0.333. The molecule has 2 aromatic rings. The molecule has 3 heteroatoms. The lowest BCUT2D eigenvalue weighted by atomic mass is 10.0. The molecule has 3 N–H and O–H groups in total. The molecular weight excluding hydrogens is 226 g/mol. The molecule has 0 aliphatic carbocycles. The van der Waals surface area contributed by atoms with Crippen molar-refractivity contribution >= 4 is 10.8 Å². The first kappa shape index (κ1) is 12.9. The van der Waals surface area contributed by atoms with Gasteiger partial charge in [0, 0.05) is 17.0 Å². The number of aliphatic hydroxyl groups excluding tert-OH is 1. The molecule has 0 bridgehead atoms. The van der Waals surface area contributed by atoms with E-state index in [1.807, 2.05) is 43.3 Å². The maximum atomic E-state index is 9.36. The smallest absolute Gasteiger partial charge is 0.132 e. The van der Waals surface area contributed by atoms with E-state index in [0.717, 1.165) is 22.1 Å². The van der Waals surface area contributed by atoms with Gasteiger partial charge in [0.2, 0.25) is 0 Å². The lowest BCUT2D eigenvalue weighted by Crippen LogP contribution is -2.15. The number of nitrogens with two attached hydrogens (primary N) is 1. The largest absolute Gasteiger partial charge is 0.490 e. The highest BCUT2D eigenvalue weighted by molar-refractivity contribution is 5.89. The molecule has 0 aliphatic rings. The highest BCUT2D eigenvalue weighted by Crippen LogP contribution is 2.32. The fourth-order valence-corrected chi connectivity index (χ4v) is 1.98. The van der Waals surface area contributed by atoms with Gasteiger partial charge in [-0.3, -0.25) is 0 Å². The van der Waals surface area contributed by atoms with Crippen molar-refractivity contribution in [3.63, 3.8) is 0 Å². The third-order valence-corrected chi connectivity index (χ3v) is 2.87. The summed E-state index contributed by atoms with van der Waals surface area (Å²) < 4.78 is 5.74. The van der Waals surface area contributed by atoms with E-state index in [-0.39, 0.29) is 12.6 Å². The van der Waals surface area contributed by atoms with Crippen LogP contribution in [0.1, 0.15) is 25.5 Å². The number of hydrogen-bond donors (Lipinski definition) is 2. The summed E-state index contributed by atoms with van der Waals surface area (Å²) >= 11 is 0. The van der Waals surface area contributed by atoms with Crippen molar-refractivity contribution in [3.8, 4) is 5.75 Å². The molecule has 0 saturated carbocycles. The minimum Gasteiger partial charge on any atom is -0.490 e. The summed E-state index contributed by atoms with van der Waals surface area (Å²) in [7, 11) is 0. The molecule has 2 aromatic carbocycles. The van der Waals surface area contributed by atoms with E-state index in [2.05, 4.69) is 0 Å². The Bertz CT molecular complexity index is 535. The predicted octanol–water partition coefficient (Wildman–Crippen LogP) is 2.62. The van der Waals surface area contributed by atoms with Gasteiger partial charge in [0.15, 0.2) is 0 Å². The van der Waals surface area contributed by atoms with Crippen LogP contribution < -0.4 is 10.5 Å². The van der Waals surface area contributed by atoms with Gasteiger partial charge in [-0.15, -0.1) is 0 Å². The minimum absolute atomic E-state index is 0.0985. The first-order valence-electron chi connectivity index (χ1n) is 6.17. The molecule has 96 valence electrons. The Hall–Kier alpha value is -1.58. The van der Waals surface area contributed by atoms with Crippen molar-refractivity contribution in [1.82, 2.24) is 0 Å². The summed E-state index contributed by atoms with van der Waals surface area (Å²) in [4.78, 5) is 0. The maximum absolute atomic E-state index is 9.36. The molecule has 0 spiro atoms. The van der Waals surface area contributed by atoms with Crippen molar-refractivity contribution in [2.75, 3.05) is 6.61 Å². The molecule has 18 heavy (non-hydrogen) atoms. The van der Waals surface area contributed by atoms with Gasteiger partial charge in [0.1, 0.15) is 12.4 Å². The number of hydrogen-bond acceptors (Lipinski definition) is 3. The minimum atomic E-state index is -0.495. The van der Waals surface area contributed by atoms with Gasteiger partial charge in [-0.05, 0) is 19.2 Å². The van der Waals surface area contributed by atoms with Crippen molar-refractivity contribution in [2.45, 2.75) is 26.0 Å². The van der Waals surface area contributed by atoms with Crippen LogP contribution >= 0.6 is 0 Å². The lowest BCUT2D eigenvalue weighted by Gasteiger charge is -2.17. The van der Waals surface area contributed by atoms with Crippen molar-refractivity contribution < 1.29 is 9.84 Å². The Kier molecular flexibility index (Phi) is 3.84. The third kappa shape index (κ3) is 2.63. The van der Waals surface area contributed by atoms with E-state index < -0.39 is 6.10 Å². The Balaban J connectivity index is 2.52. The summed E-state index contributed by atoms with van der Waals surface area (Å²) in [6.45, 7) is 3.91. The van der Waals surface area contributed by atoms with Crippen LogP contribution in [0.2, 0.25) is 0 Å². The molecule has 0 fully saturated rings. The van der Waals surface area contributed by atoms with E-state index in [9.17, 15) is 5.11 Å².